The SMILES string of the molecule is O=C(O)C=Cc1ccccc1[C@@H]1CCCOC1. The highest BCUT2D eigenvalue weighted by Crippen LogP contribution is 2.28. The first-order valence-electron chi connectivity index (χ1n) is 5.85. The lowest BCUT2D eigenvalue weighted by molar-refractivity contribution is -0.131. The Balaban J connectivity index is 2.23. The van der Waals surface area contributed by atoms with E-state index in [0.29, 0.717) is 5.92 Å². The van der Waals surface area contributed by atoms with Crippen LogP contribution in [0, 0.1) is 0 Å². The molecule has 1 aliphatic rings. The molecule has 1 aromatic carbocycles. The highest BCUT2D eigenvalue weighted by atomic mass is 16.5. The minimum absolute atomic E-state index is 0.387. The molecule has 17 heavy (non-hydrogen) atoms. The van der Waals surface area contributed by atoms with Crippen molar-refractivity contribution in [2.24, 2.45) is 0 Å². The summed E-state index contributed by atoms with van der Waals surface area (Å²) in [5, 5.41) is 8.66. The fourth-order valence-electron chi connectivity index (χ4n) is 2.18. The predicted molar refractivity (Wildman–Crippen MR) is 65.9 cm³/mol. The summed E-state index contributed by atoms with van der Waals surface area (Å²) in [6, 6.07) is 7.92. The molecule has 0 unspecified atom stereocenters. The number of rotatable bonds is 3. The number of aliphatic carboxylic acids is 1. The Kier molecular flexibility index (Phi) is 3.94. The molecule has 1 aromatic rings. The molecule has 90 valence electrons. The van der Waals surface area contributed by atoms with Crippen LogP contribution in [0.5, 0.6) is 0 Å². The normalized spacial score (nSPS) is 20.6. The molecule has 0 aromatic heterocycles. The van der Waals surface area contributed by atoms with Crippen molar-refractivity contribution in [2.45, 2.75) is 18.8 Å². The van der Waals surface area contributed by atoms with Gasteiger partial charge in [0.05, 0.1) is 6.61 Å². The summed E-state index contributed by atoms with van der Waals surface area (Å²) in [6.07, 6.45) is 5.02. The van der Waals surface area contributed by atoms with Crippen LogP contribution in [-0.4, -0.2) is 24.3 Å². The summed E-state index contributed by atoms with van der Waals surface area (Å²) in [7, 11) is 0. The summed E-state index contributed by atoms with van der Waals surface area (Å²) in [5.74, 6) is -0.530. The van der Waals surface area contributed by atoms with Gasteiger partial charge in [0, 0.05) is 18.6 Å². The van der Waals surface area contributed by atoms with Crippen LogP contribution in [0.15, 0.2) is 30.3 Å². The van der Waals surface area contributed by atoms with Gasteiger partial charge in [-0.2, -0.15) is 0 Å². The highest BCUT2D eigenvalue weighted by molar-refractivity contribution is 5.85. The van der Waals surface area contributed by atoms with Crippen molar-refractivity contribution in [2.75, 3.05) is 13.2 Å². The Morgan fingerprint density at radius 3 is 2.94 bits per heavy atom. The predicted octanol–water partition coefficient (Wildman–Crippen LogP) is 2.68. The maximum atomic E-state index is 10.5. The smallest absolute Gasteiger partial charge is 0.328 e. The van der Waals surface area contributed by atoms with Gasteiger partial charge in [0.2, 0.25) is 0 Å². The molecule has 0 bridgehead atoms. The number of hydrogen-bond donors (Lipinski definition) is 1. The molecule has 1 fully saturated rings. The van der Waals surface area contributed by atoms with E-state index in [1.54, 1.807) is 6.08 Å². The molecule has 0 spiro atoms. The third kappa shape index (κ3) is 3.17. The minimum atomic E-state index is -0.917. The van der Waals surface area contributed by atoms with Crippen molar-refractivity contribution in [3.05, 3.63) is 41.5 Å². The van der Waals surface area contributed by atoms with Gasteiger partial charge in [0.15, 0.2) is 0 Å². The van der Waals surface area contributed by atoms with E-state index in [1.807, 2.05) is 18.2 Å². The summed E-state index contributed by atoms with van der Waals surface area (Å²) in [6.45, 7) is 1.57. The topological polar surface area (TPSA) is 46.5 Å². The highest BCUT2D eigenvalue weighted by Gasteiger charge is 2.17. The summed E-state index contributed by atoms with van der Waals surface area (Å²) < 4.78 is 5.48. The monoisotopic (exact) mass is 232 g/mol. The van der Waals surface area contributed by atoms with Crippen LogP contribution in [0.4, 0.5) is 0 Å². The van der Waals surface area contributed by atoms with E-state index in [9.17, 15) is 4.79 Å². The second-order valence-electron chi connectivity index (χ2n) is 4.21. The van der Waals surface area contributed by atoms with Gasteiger partial charge in [0.1, 0.15) is 0 Å². The van der Waals surface area contributed by atoms with Crippen LogP contribution in [0.25, 0.3) is 6.08 Å². The number of carboxylic acids is 1. The van der Waals surface area contributed by atoms with E-state index in [4.69, 9.17) is 9.84 Å². The summed E-state index contributed by atoms with van der Waals surface area (Å²) in [4.78, 5) is 10.5. The van der Waals surface area contributed by atoms with Crippen molar-refractivity contribution in [1.29, 1.82) is 0 Å². The quantitative estimate of drug-likeness (QED) is 0.815. The number of benzene rings is 1. The first kappa shape index (κ1) is 11.9. The molecule has 1 aliphatic heterocycles. The zero-order valence-corrected chi connectivity index (χ0v) is 9.63. The number of hydrogen-bond acceptors (Lipinski definition) is 2. The lowest BCUT2D eigenvalue weighted by Crippen LogP contribution is -2.16. The van der Waals surface area contributed by atoms with Gasteiger partial charge < -0.3 is 9.84 Å². The van der Waals surface area contributed by atoms with Crippen LogP contribution in [0.1, 0.15) is 29.9 Å². The van der Waals surface area contributed by atoms with Crippen LogP contribution in [-0.2, 0) is 9.53 Å². The maximum Gasteiger partial charge on any atom is 0.328 e. The van der Waals surface area contributed by atoms with E-state index < -0.39 is 5.97 Å². The van der Waals surface area contributed by atoms with Gasteiger partial charge in [-0.25, -0.2) is 4.79 Å². The second kappa shape index (κ2) is 5.64. The molecule has 0 radical (unpaired) electrons. The van der Waals surface area contributed by atoms with Crippen LogP contribution in [0.2, 0.25) is 0 Å². The summed E-state index contributed by atoms with van der Waals surface area (Å²) in [5.41, 5.74) is 2.16. The molecule has 0 aliphatic carbocycles. The van der Waals surface area contributed by atoms with Gasteiger partial charge in [-0.1, -0.05) is 24.3 Å². The fourth-order valence-corrected chi connectivity index (χ4v) is 2.18. The zero-order valence-electron chi connectivity index (χ0n) is 9.63. The molecule has 1 heterocycles. The van der Waals surface area contributed by atoms with Crippen molar-refractivity contribution in [3.8, 4) is 0 Å². The maximum absolute atomic E-state index is 10.5. The lowest BCUT2D eigenvalue weighted by Gasteiger charge is -2.23. The Labute approximate surface area is 101 Å². The number of ether oxygens (including phenoxy) is 1. The van der Waals surface area contributed by atoms with Crippen molar-refractivity contribution in [1.82, 2.24) is 0 Å². The van der Waals surface area contributed by atoms with Crippen LogP contribution in [0.3, 0.4) is 0 Å². The van der Waals surface area contributed by atoms with Gasteiger partial charge in [-0.15, -0.1) is 0 Å². The third-order valence-electron chi connectivity index (χ3n) is 3.00. The van der Waals surface area contributed by atoms with E-state index in [2.05, 4.69) is 6.07 Å². The molecule has 0 saturated carbocycles. The second-order valence-corrected chi connectivity index (χ2v) is 4.21. The Morgan fingerprint density at radius 1 is 1.41 bits per heavy atom. The molecule has 1 saturated heterocycles. The van der Waals surface area contributed by atoms with Crippen LogP contribution < -0.4 is 0 Å². The van der Waals surface area contributed by atoms with E-state index >= 15 is 0 Å². The van der Waals surface area contributed by atoms with Gasteiger partial charge in [0.25, 0.3) is 0 Å². The largest absolute Gasteiger partial charge is 0.478 e. The van der Waals surface area contributed by atoms with Crippen LogP contribution >= 0.6 is 0 Å². The standard InChI is InChI=1S/C14H16O3/c15-14(16)8-7-11-4-1-2-6-13(11)12-5-3-9-17-10-12/h1-2,4,6-8,12H,3,5,9-10H2,(H,15,16)/t12-/m1/s1. The molecule has 3 nitrogen and oxygen atoms in total. The average molecular weight is 232 g/mol. The zero-order chi connectivity index (χ0) is 12.1. The van der Waals surface area contributed by atoms with E-state index in [0.717, 1.165) is 31.6 Å². The molecule has 0 amide bonds. The molecule has 3 heteroatoms. The molecule has 1 atom stereocenters. The first-order chi connectivity index (χ1) is 8.27. The Morgan fingerprint density at radius 2 is 2.24 bits per heavy atom. The van der Waals surface area contributed by atoms with Crippen molar-refractivity contribution < 1.29 is 14.6 Å². The first-order valence-corrected chi connectivity index (χ1v) is 5.85. The molecular weight excluding hydrogens is 216 g/mol. The van der Waals surface area contributed by atoms with Crippen molar-refractivity contribution in [3.63, 3.8) is 0 Å². The number of carbonyl (C=O) groups is 1. The average Bonchev–Trinajstić information content (AvgIpc) is 2.38. The van der Waals surface area contributed by atoms with Gasteiger partial charge in [-0.05, 0) is 30.0 Å². The van der Waals surface area contributed by atoms with Crippen molar-refractivity contribution >= 4 is 12.0 Å². The lowest BCUT2D eigenvalue weighted by atomic mass is 9.90. The summed E-state index contributed by atoms with van der Waals surface area (Å²) >= 11 is 0. The Bertz CT molecular complexity index is 417. The van der Waals surface area contributed by atoms with E-state index in [-0.39, 0.29) is 0 Å². The van der Waals surface area contributed by atoms with Gasteiger partial charge >= 0.3 is 5.97 Å². The fraction of sp³-hybridized carbons (Fsp3) is 0.357. The Hall–Kier alpha value is -1.61. The molecular formula is C14H16O3. The minimum Gasteiger partial charge on any atom is -0.478 e. The van der Waals surface area contributed by atoms with E-state index in [1.165, 1.54) is 11.6 Å². The number of carboxylic acid groups (broad SMARTS) is 1. The third-order valence-corrected chi connectivity index (χ3v) is 3.00. The van der Waals surface area contributed by atoms with Gasteiger partial charge in [-0.3, -0.25) is 0 Å². The molecule has 1 N–H and O–H groups in total. The molecule has 2 rings (SSSR count).